The Morgan fingerprint density at radius 2 is 1.87 bits per heavy atom. The number of aromatic amines is 2. The van der Waals surface area contributed by atoms with E-state index in [1.807, 2.05) is 40.7 Å². The first-order valence-corrected chi connectivity index (χ1v) is 14.2. The van der Waals surface area contributed by atoms with Gasteiger partial charge in [-0.1, -0.05) is 73.3 Å². The molecule has 39 heavy (non-hydrogen) atoms. The van der Waals surface area contributed by atoms with Crippen molar-refractivity contribution in [1.29, 1.82) is 0 Å². The molecule has 1 unspecified atom stereocenters. The smallest absolute Gasteiger partial charge is 0.273 e. The second-order valence-electron chi connectivity index (χ2n) is 9.71. The molecule has 0 radical (unpaired) electrons. The predicted molar refractivity (Wildman–Crippen MR) is 158 cm³/mol. The van der Waals surface area contributed by atoms with Gasteiger partial charge in [0.25, 0.3) is 5.56 Å². The molecule has 2 aromatic heterocycles. The molecule has 212 valence electrons. The summed E-state index contributed by atoms with van der Waals surface area (Å²) in [5.41, 5.74) is 3.66. The number of ketones is 1. The summed E-state index contributed by atoms with van der Waals surface area (Å²) in [7, 11) is 0. The van der Waals surface area contributed by atoms with E-state index in [4.69, 9.17) is 4.74 Å². The Balaban J connectivity index is 0.000000590. The molecular weight excluding hydrogens is 493 g/mol. The van der Waals surface area contributed by atoms with Crippen LogP contribution >= 0.6 is 0 Å². The predicted octanol–water partition coefficient (Wildman–Crippen LogP) is 7.86. The van der Waals surface area contributed by atoms with E-state index in [-0.39, 0.29) is 29.7 Å². The quantitative estimate of drug-likeness (QED) is 0.226. The highest BCUT2D eigenvalue weighted by atomic mass is 19.1. The Hall–Kier alpha value is -3.48. The second-order valence-corrected chi connectivity index (χ2v) is 9.71. The highest BCUT2D eigenvalue weighted by molar-refractivity contribution is 6.22. The van der Waals surface area contributed by atoms with Gasteiger partial charge < -0.3 is 9.84 Å². The number of nitrogens with one attached hydrogen (secondary N) is 2. The number of halogens is 1. The van der Waals surface area contributed by atoms with E-state index in [9.17, 15) is 14.0 Å². The van der Waals surface area contributed by atoms with Crippen LogP contribution in [0.4, 0.5) is 4.39 Å². The van der Waals surface area contributed by atoms with Crippen LogP contribution in [0.1, 0.15) is 96.8 Å². The van der Waals surface area contributed by atoms with Crippen LogP contribution in [0.2, 0.25) is 0 Å². The van der Waals surface area contributed by atoms with Gasteiger partial charge in [0.1, 0.15) is 11.6 Å². The number of hydrogen-bond acceptors (Lipinski definition) is 4. The molecule has 0 fully saturated rings. The summed E-state index contributed by atoms with van der Waals surface area (Å²) in [5, 5.41) is 5.19. The highest BCUT2D eigenvalue weighted by Crippen LogP contribution is 2.34. The summed E-state index contributed by atoms with van der Waals surface area (Å²) in [6.45, 7) is 14.6. The lowest BCUT2D eigenvalue weighted by molar-refractivity contribution is -0.118. The maximum Gasteiger partial charge on any atom is 0.273 e. The monoisotopic (exact) mass is 537 g/mol. The van der Waals surface area contributed by atoms with Crippen LogP contribution < -0.4 is 10.3 Å². The van der Waals surface area contributed by atoms with Gasteiger partial charge in [0.05, 0.1) is 23.8 Å². The van der Waals surface area contributed by atoms with Crippen LogP contribution in [0, 0.1) is 11.7 Å². The van der Waals surface area contributed by atoms with Crippen molar-refractivity contribution in [1.82, 2.24) is 15.2 Å². The number of aromatic nitrogens is 3. The van der Waals surface area contributed by atoms with Gasteiger partial charge in [0, 0.05) is 23.5 Å². The summed E-state index contributed by atoms with van der Waals surface area (Å²) in [5.74, 6) is -0.0857. The molecule has 0 bridgehead atoms. The first-order valence-electron chi connectivity index (χ1n) is 14.2. The topological polar surface area (TPSA) is 87.8 Å². The fraction of sp³-hybridized carbons (Fsp3) is 0.469. The largest absolute Gasteiger partial charge is 0.493 e. The Bertz CT molecular complexity index is 1290. The Kier molecular flexibility index (Phi) is 12.9. The van der Waals surface area contributed by atoms with Gasteiger partial charge in [-0.3, -0.25) is 19.7 Å². The van der Waals surface area contributed by atoms with Crippen molar-refractivity contribution in [3.8, 4) is 17.0 Å². The van der Waals surface area contributed by atoms with E-state index in [1.54, 1.807) is 24.5 Å². The fourth-order valence-corrected chi connectivity index (χ4v) is 4.50. The zero-order valence-electron chi connectivity index (χ0n) is 24.5. The van der Waals surface area contributed by atoms with Gasteiger partial charge in [0.2, 0.25) is 0 Å². The number of unbranched alkanes of at least 4 members (excludes halogenated alkanes) is 3. The molecular formula is C32H44FN3O3. The Morgan fingerprint density at radius 3 is 2.44 bits per heavy atom. The van der Waals surface area contributed by atoms with Crippen LogP contribution in [-0.2, 0) is 11.2 Å². The lowest BCUT2D eigenvalue weighted by atomic mass is 9.84. The maximum absolute atomic E-state index is 13.7. The third kappa shape index (κ3) is 8.25. The highest BCUT2D eigenvalue weighted by Gasteiger charge is 2.30. The van der Waals surface area contributed by atoms with Gasteiger partial charge in [-0.25, -0.2) is 4.39 Å². The molecule has 3 aromatic rings. The minimum atomic E-state index is -0.410. The van der Waals surface area contributed by atoms with E-state index in [1.165, 1.54) is 37.8 Å². The number of rotatable bonds is 8. The number of H-pyrrole nitrogens is 2. The lowest BCUT2D eigenvalue weighted by Crippen LogP contribution is -2.29. The average molecular weight is 538 g/mol. The second kappa shape index (κ2) is 15.8. The number of Topliss-reactive ketones (excluding diaryl/α,β-unsaturated/α-hetero) is 1. The molecule has 1 atom stereocenters. The molecule has 4 rings (SSSR count). The summed E-state index contributed by atoms with van der Waals surface area (Å²) in [6.07, 6.45) is 11.0. The van der Waals surface area contributed by atoms with Crippen molar-refractivity contribution in [3.63, 3.8) is 0 Å². The van der Waals surface area contributed by atoms with Crippen LogP contribution in [0.3, 0.4) is 0 Å². The summed E-state index contributed by atoms with van der Waals surface area (Å²) in [6, 6.07) is 6.24. The zero-order chi connectivity index (χ0) is 28.9. The molecule has 7 heteroatoms. The standard InChI is InChI=1S/C24H24FN3O3.C6H14.C2H6/c1-4-17(23(29)15-7-14-8-16(25)5-6-22(14)31-12-15)19-10-26-21(9-18(19)13(2)3)20-11-27-28-24(20)30;1-3-5-6-4-2;1-2/h4-6,8-11,13,15H,7,12H2,1-3H3,(H2,27,28,30);3-6H2,1-2H3;1-2H3/b17-4+;;. The molecule has 0 spiro atoms. The van der Waals surface area contributed by atoms with Crippen molar-refractivity contribution in [2.45, 2.75) is 86.5 Å². The SMILES string of the molecule is C/C=C(/C(=O)C1COc2ccc(F)cc2C1)c1cnc(-c2c[nH][nH]c2=O)cc1C(C)C.CC.CCCCCC. The number of hydrogen-bond donors (Lipinski definition) is 2. The Labute approximate surface area is 232 Å². The lowest BCUT2D eigenvalue weighted by Gasteiger charge is -2.26. The molecule has 2 N–H and O–H groups in total. The van der Waals surface area contributed by atoms with Crippen molar-refractivity contribution in [2.24, 2.45) is 5.92 Å². The number of benzene rings is 1. The number of ether oxygens (including phenoxy) is 1. The first-order chi connectivity index (χ1) is 18.8. The summed E-state index contributed by atoms with van der Waals surface area (Å²) < 4.78 is 19.4. The van der Waals surface area contributed by atoms with Crippen molar-refractivity contribution < 1.29 is 13.9 Å². The molecule has 1 aliphatic rings. The van der Waals surface area contributed by atoms with E-state index < -0.39 is 5.92 Å². The van der Waals surface area contributed by atoms with Crippen LogP contribution in [-0.4, -0.2) is 27.6 Å². The number of carbonyl (C=O) groups excluding carboxylic acids is 1. The maximum atomic E-state index is 13.7. The van der Waals surface area contributed by atoms with Crippen molar-refractivity contribution in [3.05, 3.63) is 75.6 Å². The van der Waals surface area contributed by atoms with Crippen LogP contribution in [0.5, 0.6) is 5.75 Å². The van der Waals surface area contributed by atoms with Crippen molar-refractivity contribution in [2.75, 3.05) is 6.61 Å². The minimum absolute atomic E-state index is 0.0617. The zero-order valence-corrected chi connectivity index (χ0v) is 24.5. The van der Waals surface area contributed by atoms with Crippen LogP contribution in [0.25, 0.3) is 16.8 Å². The molecule has 0 amide bonds. The summed E-state index contributed by atoms with van der Waals surface area (Å²) >= 11 is 0. The first kappa shape index (κ1) is 31.7. The average Bonchev–Trinajstić information content (AvgIpc) is 3.39. The molecule has 1 aliphatic heterocycles. The fourth-order valence-electron chi connectivity index (χ4n) is 4.50. The third-order valence-corrected chi connectivity index (χ3v) is 6.58. The molecule has 1 aromatic carbocycles. The van der Waals surface area contributed by atoms with Gasteiger partial charge in [-0.2, -0.15) is 0 Å². The molecule has 0 aliphatic carbocycles. The Morgan fingerprint density at radius 1 is 1.18 bits per heavy atom. The number of pyridine rings is 1. The molecule has 0 saturated heterocycles. The number of allylic oxidation sites excluding steroid dienone is 2. The van der Waals surface area contributed by atoms with Gasteiger partial charge in [-0.15, -0.1) is 0 Å². The van der Waals surface area contributed by atoms with Crippen LogP contribution in [0.15, 0.2) is 47.5 Å². The van der Waals surface area contributed by atoms with E-state index in [2.05, 4.69) is 29.0 Å². The van der Waals surface area contributed by atoms with Gasteiger partial charge in [0.15, 0.2) is 5.78 Å². The molecule has 3 heterocycles. The minimum Gasteiger partial charge on any atom is -0.493 e. The third-order valence-electron chi connectivity index (χ3n) is 6.58. The van der Waals surface area contributed by atoms with E-state index in [0.29, 0.717) is 34.6 Å². The van der Waals surface area contributed by atoms with E-state index in [0.717, 1.165) is 11.1 Å². The number of carbonyl (C=O) groups is 1. The van der Waals surface area contributed by atoms with Gasteiger partial charge in [-0.05, 0) is 54.7 Å². The normalized spacial score (nSPS) is 14.4. The molecule has 0 saturated carbocycles. The summed E-state index contributed by atoms with van der Waals surface area (Å²) in [4.78, 5) is 29.9. The van der Waals surface area contributed by atoms with Gasteiger partial charge >= 0.3 is 0 Å². The van der Waals surface area contributed by atoms with E-state index >= 15 is 0 Å². The number of nitrogens with zero attached hydrogens (tertiary/aromatic N) is 1. The van der Waals surface area contributed by atoms with Crippen molar-refractivity contribution >= 4 is 11.4 Å². The molecule has 6 nitrogen and oxygen atoms in total. The number of fused-ring (bicyclic) bond motifs is 1.